The molecular formula is C11H15ClN4O3. The van der Waals surface area contributed by atoms with Crippen LogP contribution in [0.2, 0.25) is 5.02 Å². The number of nitrogens with one attached hydrogen (secondary N) is 1. The molecule has 1 aliphatic rings. The first-order chi connectivity index (χ1) is 9.13. The summed E-state index contributed by atoms with van der Waals surface area (Å²) in [6.07, 6.45) is 1.01. The number of carbonyl (C=O) groups excluding carboxylic acids is 1. The van der Waals surface area contributed by atoms with Crippen LogP contribution in [0.3, 0.4) is 0 Å². The zero-order valence-corrected chi connectivity index (χ0v) is 11.3. The minimum atomic E-state index is -0.362. The summed E-state index contributed by atoms with van der Waals surface area (Å²) in [7, 11) is 0. The predicted molar refractivity (Wildman–Crippen MR) is 70.7 cm³/mol. The van der Waals surface area contributed by atoms with Crippen LogP contribution in [0.25, 0.3) is 0 Å². The monoisotopic (exact) mass is 286 g/mol. The van der Waals surface area contributed by atoms with Crippen molar-refractivity contribution in [2.24, 2.45) is 0 Å². The third-order valence-electron chi connectivity index (χ3n) is 2.88. The summed E-state index contributed by atoms with van der Waals surface area (Å²) >= 11 is 5.92. The van der Waals surface area contributed by atoms with Gasteiger partial charge in [0.25, 0.3) is 5.56 Å². The van der Waals surface area contributed by atoms with Crippen LogP contribution in [-0.2, 0) is 4.74 Å². The number of ether oxygens (including phenoxy) is 1. The zero-order chi connectivity index (χ0) is 13.8. The van der Waals surface area contributed by atoms with Crippen molar-refractivity contribution in [3.8, 4) is 0 Å². The van der Waals surface area contributed by atoms with Crippen molar-refractivity contribution >= 4 is 23.5 Å². The Balaban J connectivity index is 2.02. The van der Waals surface area contributed by atoms with Crippen molar-refractivity contribution in [3.63, 3.8) is 0 Å². The van der Waals surface area contributed by atoms with E-state index >= 15 is 0 Å². The molecule has 0 unspecified atom stereocenters. The van der Waals surface area contributed by atoms with E-state index in [1.54, 1.807) is 11.8 Å². The summed E-state index contributed by atoms with van der Waals surface area (Å²) in [6.45, 7) is 4.30. The molecule has 0 radical (unpaired) electrons. The Hall–Kier alpha value is -1.76. The number of H-pyrrole nitrogens is 1. The van der Waals surface area contributed by atoms with Gasteiger partial charge in [0.05, 0.1) is 12.9 Å². The number of aromatic nitrogens is 2. The summed E-state index contributed by atoms with van der Waals surface area (Å²) < 4.78 is 4.94. The Morgan fingerprint density at radius 2 is 2.16 bits per heavy atom. The van der Waals surface area contributed by atoms with E-state index in [2.05, 4.69) is 9.97 Å². The first-order valence-electron chi connectivity index (χ1n) is 6.03. The smallest absolute Gasteiger partial charge is 0.409 e. The number of halogens is 1. The van der Waals surface area contributed by atoms with Gasteiger partial charge in [0.15, 0.2) is 5.82 Å². The lowest BCUT2D eigenvalue weighted by molar-refractivity contribution is 0.105. The molecule has 0 bridgehead atoms. The van der Waals surface area contributed by atoms with Crippen molar-refractivity contribution in [1.82, 2.24) is 14.9 Å². The molecule has 8 heteroatoms. The molecule has 0 saturated carbocycles. The van der Waals surface area contributed by atoms with E-state index in [0.717, 1.165) is 0 Å². The van der Waals surface area contributed by atoms with Gasteiger partial charge in [-0.1, -0.05) is 11.6 Å². The Morgan fingerprint density at radius 1 is 1.47 bits per heavy atom. The molecule has 0 spiro atoms. The first-order valence-corrected chi connectivity index (χ1v) is 6.41. The standard InChI is InChI=1S/C11H15ClN4O3/c1-2-19-11(18)16-5-3-15(4-6-16)9-8(12)10(17)14-7-13-9/h7H,2-6H2,1H3,(H,13,14,17). The first kappa shape index (κ1) is 13.7. The molecule has 0 atom stereocenters. The largest absolute Gasteiger partial charge is 0.450 e. The van der Waals surface area contributed by atoms with Gasteiger partial charge in [-0.15, -0.1) is 0 Å². The SMILES string of the molecule is CCOC(=O)N1CCN(c2nc[nH]c(=O)c2Cl)CC1. The van der Waals surface area contributed by atoms with Crippen molar-refractivity contribution in [2.75, 3.05) is 37.7 Å². The maximum absolute atomic E-state index is 11.6. The number of hydrogen-bond donors (Lipinski definition) is 1. The molecule has 1 saturated heterocycles. The third kappa shape index (κ3) is 2.98. The highest BCUT2D eigenvalue weighted by Gasteiger charge is 2.24. The molecule has 7 nitrogen and oxygen atoms in total. The highest BCUT2D eigenvalue weighted by Crippen LogP contribution is 2.19. The maximum Gasteiger partial charge on any atom is 0.409 e. The lowest BCUT2D eigenvalue weighted by Gasteiger charge is -2.34. The van der Waals surface area contributed by atoms with E-state index in [0.29, 0.717) is 38.6 Å². The molecule has 19 heavy (non-hydrogen) atoms. The molecule has 1 aliphatic heterocycles. The average Bonchev–Trinajstić information content (AvgIpc) is 2.42. The van der Waals surface area contributed by atoms with Crippen LogP contribution in [0.15, 0.2) is 11.1 Å². The number of rotatable bonds is 2. The van der Waals surface area contributed by atoms with Gasteiger partial charge in [0, 0.05) is 26.2 Å². The molecule has 1 aromatic rings. The van der Waals surface area contributed by atoms with E-state index in [4.69, 9.17) is 16.3 Å². The Kier molecular flexibility index (Phi) is 4.26. The molecule has 104 valence electrons. The predicted octanol–water partition coefficient (Wildman–Crippen LogP) is 0.702. The molecule has 0 aliphatic carbocycles. The van der Waals surface area contributed by atoms with E-state index in [1.165, 1.54) is 6.33 Å². The highest BCUT2D eigenvalue weighted by molar-refractivity contribution is 6.32. The average molecular weight is 287 g/mol. The lowest BCUT2D eigenvalue weighted by atomic mass is 10.3. The van der Waals surface area contributed by atoms with Gasteiger partial charge in [0.2, 0.25) is 0 Å². The van der Waals surface area contributed by atoms with Crippen LogP contribution < -0.4 is 10.5 Å². The Labute approximate surface area is 115 Å². The van der Waals surface area contributed by atoms with Gasteiger partial charge in [-0.3, -0.25) is 4.79 Å². The number of hydrogen-bond acceptors (Lipinski definition) is 5. The van der Waals surface area contributed by atoms with E-state index < -0.39 is 0 Å². The van der Waals surface area contributed by atoms with Gasteiger partial charge in [0.1, 0.15) is 5.02 Å². The van der Waals surface area contributed by atoms with Crippen molar-refractivity contribution in [1.29, 1.82) is 0 Å². The second kappa shape index (κ2) is 5.92. The van der Waals surface area contributed by atoms with Crippen LogP contribution in [0, 0.1) is 0 Å². The fourth-order valence-corrected chi connectivity index (χ4v) is 2.13. The second-order valence-electron chi connectivity index (χ2n) is 4.04. The molecule has 1 N–H and O–H groups in total. The topological polar surface area (TPSA) is 78.5 Å². The minimum absolute atomic E-state index is 0.0760. The van der Waals surface area contributed by atoms with Crippen LogP contribution in [0.5, 0.6) is 0 Å². The normalized spacial score (nSPS) is 15.5. The molecule has 2 heterocycles. The van der Waals surface area contributed by atoms with Gasteiger partial charge >= 0.3 is 6.09 Å². The number of amides is 1. The Bertz CT molecular complexity index is 511. The summed E-state index contributed by atoms with van der Waals surface area (Å²) in [6, 6.07) is 0. The van der Waals surface area contributed by atoms with Gasteiger partial charge in [-0.2, -0.15) is 0 Å². The van der Waals surface area contributed by atoms with Gasteiger partial charge < -0.3 is 19.5 Å². The van der Waals surface area contributed by atoms with Crippen LogP contribution in [0.4, 0.5) is 10.6 Å². The fourth-order valence-electron chi connectivity index (χ4n) is 1.91. The molecule has 1 fully saturated rings. The molecule has 2 rings (SSSR count). The summed E-state index contributed by atoms with van der Waals surface area (Å²) in [4.78, 5) is 32.9. The van der Waals surface area contributed by atoms with E-state index in [1.807, 2.05) is 4.90 Å². The number of carbonyl (C=O) groups is 1. The molecular weight excluding hydrogens is 272 g/mol. The second-order valence-corrected chi connectivity index (χ2v) is 4.42. The highest BCUT2D eigenvalue weighted by atomic mass is 35.5. The molecule has 1 amide bonds. The number of anilines is 1. The molecule has 1 aromatic heterocycles. The Morgan fingerprint density at radius 3 is 2.79 bits per heavy atom. The van der Waals surface area contributed by atoms with Gasteiger partial charge in [-0.05, 0) is 6.92 Å². The summed E-state index contributed by atoms with van der Waals surface area (Å²) in [5.74, 6) is 0.453. The minimum Gasteiger partial charge on any atom is -0.450 e. The van der Waals surface area contributed by atoms with Crippen molar-refractivity contribution < 1.29 is 9.53 Å². The van der Waals surface area contributed by atoms with Crippen LogP contribution in [0.1, 0.15) is 6.92 Å². The van der Waals surface area contributed by atoms with E-state index in [9.17, 15) is 9.59 Å². The van der Waals surface area contributed by atoms with Gasteiger partial charge in [-0.25, -0.2) is 9.78 Å². The van der Waals surface area contributed by atoms with Crippen molar-refractivity contribution in [3.05, 3.63) is 21.7 Å². The summed E-state index contributed by atoms with van der Waals surface area (Å²) in [5, 5.41) is 0.0760. The van der Waals surface area contributed by atoms with Crippen LogP contribution >= 0.6 is 11.6 Å². The number of piperazine rings is 1. The number of nitrogens with zero attached hydrogens (tertiary/aromatic N) is 3. The quantitative estimate of drug-likeness (QED) is 0.866. The third-order valence-corrected chi connectivity index (χ3v) is 3.22. The summed E-state index contributed by atoms with van der Waals surface area (Å²) in [5.41, 5.74) is -0.362. The van der Waals surface area contributed by atoms with E-state index in [-0.39, 0.29) is 16.7 Å². The van der Waals surface area contributed by atoms with Crippen molar-refractivity contribution in [2.45, 2.75) is 6.92 Å². The maximum atomic E-state index is 11.6. The lowest BCUT2D eigenvalue weighted by Crippen LogP contribution is -2.49. The zero-order valence-electron chi connectivity index (χ0n) is 10.6. The van der Waals surface area contributed by atoms with Crippen LogP contribution in [-0.4, -0.2) is 53.7 Å². The number of aromatic amines is 1. The molecule has 0 aromatic carbocycles. The fraction of sp³-hybridized carbons (Fsp3) is 0.545.